The summed E-state index contributed by atoms with van der Waals surface area (Å²) in [6.45, 7) is 0.614. The average molecular weight is 251 g/mol. The molecule has 0 heterocycles. The maximum Gasteiger partial charge on any atom is 0.127 e. The minimum atomic E-state index is 0.614. The molecule has 0 bridgehead atoms. The number of nitrogens with one attached hydrogen (secondary N) is 1. The van der Waals surface area contributed by atoms with Crippen LogP contribution in [-0.4, -0.2) is 21.3 Å². The molecule has 0 atom stereocenters. The number of benzene rings is 1. The predicted molar refractivity (Wildman–Crippen MR) is 70.0 cm³/mol. The molecule has 4 nitrogen and oxygen atoms in total. The van der Waals surface area contributed by atoms with Gasteiger partial charge in [-0.15, -0.1) is 0 Å². The Hall–Kier alpha value is -1.26. The first-order valence-corrected chi connectivity index (χ1v) is 6.33. The highest BCUT2D eigenvalue weighted by molar-refractivity contribution is 5.54. The fourth-order valence-electron chi connectivity index (χ4n) is 2.65. The topological polar surface area (TPSA) is 39.7 Å². The number of hydrogen-bond donors (Lipinski definition) is 1. The van der Waals surface area contributed by atoms with Gasteiger partial charge < -0.3 is 14.3 Å². The van der Waals surface area contributed by atoms with Crippen molar-refractivity contribution in [1.82, 2.24) is 5.48 Å². The Bertz CT molecular complexity index is 418. The molecule has 1 N–H and O–H groups in total. The second-order valence-corrected chi connectivity index (χ2v) is 4.46. The fraction of sp³-hybridized carbons (Fsp3) is 0.571. The van der Waals surface area contributed by atoms with Crippen molar-refractivity contribution in [3.05, 3.63) is 22.8 Å². The van der Waals surface area contributed by atoms with Crippen molar-refractivity contribution in [1.29, 1.82) is 0 Å². The van der Waals surface area contributed by atoms with E-state index in [0.29, 0.717) is 6.54 Å². The summed E-state index contributed by atoms with van der Waals surface area (Å²) < 4.78 is 11.1. The normalized spacial score (nSPS) is 14.2. The number of rotatable bonds is 5. The summed E-state index contributed by atoms with van der Waals surface area (Å²) in [6.07, 6.45) is 4.58. The molecule has 1 aliphatic rings. The Kier molecular flexibility index (Phi) is 4.44. The molecule has 1 aliphatic carbocycles. The third-order valence-corrected chi connectivity index (χ3v) is 3.47. The van der Waals surface area contributed by atoms with Gasteiger partial charge in [-0.25, -0.2) is 0 Å². The molecule has 0 amide bonds. The van der Waals surface area contributed by atoms with Crippen molar-refractivity contribution in [3.8, 4) is 11.5 Å². The minimum absolute atomic E-state index is 0.614. The SMILES string of the molecule is CONCc1cc(OC)c2c(c1OC)CCCC2. The van der Waals surface area contributed by atoms with Gasteiger partial charge in [-0.05, 0) is 31.7 Å². The molecule has 100 valence electrons. The van der Waals surface area contributed by atoms with E-state index in [2.05, 4.69) is 11.5 Å². The third-order valence-electron chi connectivity index (χ3n) is 3.47. The maximum absolute atomic E-state index is 5.59. The van der Waals surface area contributed by atoms with Crippen LogP contribution in [0.5, 0.6) is 11.5 Å². The Morgan fingerprint density at radius 3 is 2.39 bits per heavy atom. The van der Waals surface area contributed by atoms with E-state index in [1.807, 2.05) is 0 Å². The molecule has 2 rings (SSSR count). The lowest BCUT2D eigenvalue weighted by Crippen LogP contribution is -2.15. The zero-order valence-corrected chi connectivity index (χ0v) is 11.3. The van der Waals surface area contributed by atoms with E-state index < -0.39 is 0 Å². The lowest BCUT2D eigenvalue weighted by molar-refractivity contribution is 0.0860. The van der Waals surface area contributed by atoms with Gasteiger partial charge in [0.15, 0.2) is 0 Å². The van der Waals surface area contributed by atoms with Crippen molar-refractivity contribution in [2.24, 2.45) is 0 Å². The van der Waals surface area contributed by atoms with Crippen molar-refractivity contribution in [2.45, 2.75) is 32.2 Å². The summed E-state index contributed by atoms with van der Waals surface area (Å²) in [4.78, 5) is 4.92. The molecule has 0 fully saturated rings. The van der Waals surface area contributed by atoms with E-state index in [0.717, 1.165) is 29.9 Å². The van der Waals surface area contributed by atoms with Gasteiger partial charge in [0, 0.05) is 23.2 Å². The molecule has 4 heteroatoms. The predicted octanol–water partition coefficient (Wildman–Crippen LogP) is 2.23. The molecule has 0 aliphatic heterocycles. The van der Waals surface area contributed by atoms with E-state index in [4.69, 9.17) is 14.3 Å². The van der Waals surface area contributed by atoms with Gasteiger partial charge in [0.2, 0.25) is 0 Å². The van der Waals surface area contributed by atoms with Crippen LogP contribution in [0.25, 0.3) is 0 Å². The van der Waals surface area contributed by atoms with E-state index in [1.165, 1.54) is 24.0 Å². The molecule has 1 aromatic carbocycles. The van der Waals surface area contributed by atoms with Crippen LogP contribution in [0.2, 0.25) is 0 Å². The summed E-state index contributed by atoms with van der Waals surface area (Å²) in [5.41, 5.74) is 6.55. The average Bonchev–Trinajstić information content (AvgIpc) is 2.43. The van der Waals surface area contributed by atoms with Crippen LogP contribution < -0.4 is 15.0 Å². The number of hydroxylamine groups is 1. The van der Waals surface area contributed by atoms with Gasteiger partial charge in [-0.3, -0.25) is 0 Å². The summed E-state index contributed by atoms with van der Waals surface area (Å²) in [5, 5.41) is 0. The highest BCUT2D eigenvalue weighted by atomic mass is 16.6. The molecule has 0 unspecified atom stereocenters. The van der Waals surface area contributed by atoms with E-state index in [9.17, 15) is 0 Å². The quantitative estimate of drug-likeness (QED) is 0.815. The van der Waals surface area contributed by atoms with Gasteiger partial charge in [0.05, 0.1) is 21.3 Å². The Balaban J connectivity index is 2.46. The zero-order valence-electron chi connectivity index (χ0n) is 11.3. The molecule has 0 saturated carbocycles. The second kappa shape index (κ2) is 6.07. The lowest BCUT2D eigenvalue weighted by atomic mass is 9.88. The van der Waals surface area contributed by atoms with Gasteiger partial charge in [0.25, 0.3) is 0 Å². The van der Waals surface area contributed by atoms with Crippen LogP contribution >= 0.6 is 0 Å². The Morgan fingerprint density at radius 2 is 1.78 bits per heavy atom. The first-order valence-electron chi connectivity index (χ1n) is 6.33. The van der Waals surface area contributed by atoms with E-state index >= 15 is 0 Å². The van der Waals surface area contributed by atoms with Crippen molar-refractivity contribution in [2.75, 3.05) is 21.3 Å². The zero-order chi connectivity index (χ0) is 13.0. The van der Waals surface area contributed by atoms with E-state index in [1.54, 1.807) is 21.3 Å². The number of ether oxygens (including phenoxy) is 2. The number of fused-ring (bicyclic) bond motifs is 1. The second-order valence-electron chi connectivity index (χ2n) is 4.46. The maximum atomic E-state index is 5.59. The summed E-state index contributed by atoms with van der Waals surface area (Å²) in [7, 11) is 5.07. The van der Waals surface area contributed by atoms with Crippen molar-refractivity contribution >= 4 is 0 Å². The number of hydrogen-bond acceptors (Lipinski definition) is 4. The standard InChI is InChI=1S/C14H21NO3/c1-16-13-8-10(9-15-18-3)14(17-2)12-7-5-4-6-11(12)13/h8,15H,4-7,9H2,1-3H3. The highest BCUT2D eigenvalue weighted by Crippen LogP contribution is 2.38. The first-order chi connectivity index (χ1) is 8.81. The van der Waals surface area contributed by atoms with Crippen LogP contribution in [0.15, 0.2) is 6.07 Å². The fourth-order valence-corrected chi connectivity index (χ4v) is 2.65. The van der Waals surface area contributed by atoms with Crippen LogP contribution in [-0.2, 0) is 24.2 Å². The van der Waals surface area contributed by atoms with Gasteiger partial charge >= 0.3 is 0 Å². The van der Waals surface area contributed by atoms with Gasteiger partial charge in [-0.1, -0.05) is 0 Å². The molecule has 18 heavy (non-hydrogen) atoms. The smallest absolute Gasteiger partial charge is 0.127 e. The molecule has 0 saturated heterocycles. The third kappa shape index (κ3) is 2.44. The van der Waals surface area contributed by atoms with Crippen molar-refractivity contribution in [3.63, 3.8) is 0 Å². The van der Waals surface area contributed by atoms with Crippen LogP contribution in [0.1, 0.15) is 29.5 Å². The number of methoxy groups -OCH3 is 2. The largest absolute Gasteiger partial charge is 0.496 e. The van der Waals surface area contributed by atoms with Crippen LogP contribution in [0.4, 0.5) is 0 Å². The van der Waals surface area contributed by atoms with Crippen LogP contribution in [0.3, 0.4) is 0 Å². The monoisotopic (exact) mass is 251 g/mol. The lowest BCUT2D eigenvalue weighted by Gasteiger charge is -2.23. The molecular weight excluding hydrogens is 230 g/mol. The molecule has 0 spiro atoms. The summed E-state index contributed by atoms with van der Waals surface area (Å²) >= 11 is 0. The first kappa shape index (κ1) is 13.2. The highest BCUT2D eigenvalue weighted by Gasteiger charge is 2.21. The van der Waals surface area contributed by atoms with Crippen molar-refractivity contribution < 1.29 is 14.3 Å². The molecule has 0 radical (unpaired) electrons. The van der Waals surface area contributed by atoms with Gasteiger partial charge in [0.1, 0.15) is 11.5 Å². The Labute approximate surface area is 108 Å². The molecular formula is C14H21NO3. The molecule has 0 aromatic heterocycles. The van der Waals surface area contributed by atoms with Crippen LogP contribution in [0, 0.1) is 0 Å². The minimum Gasteiger partial charge on any atom is -0.496 e. The van der Waals surface area contributed by atoms with Gasteiger partial charge in [-0.2, -0.15) is 5.48 Å². The molecule has 1 aromatic rings. The van der Waals surface area contributed by atoms with E-state index in [-0.39, 0.29) is 0 Å². The Morgan fingerprint density at radius 1 is 1.06 bits per heavy atom. The summed E-state index contributed by atoms with van der Waals surface area (Å²) in [5.74, 6) is 1.95. The summed E-state index contributed by atoms with van der Waals surface area (Å²) in [6, 6.07) is 2.05.